The molecule has 0 amide bonds. The maximum Gasteiger partial charge on any atom is 0.304 e. The van der Waals surface area contributed by atoms with Gasteiger partial charge in [0.05, 0.1) is 24.7 Å². The number of halogens is 1. The summed E-state index contributed by atoms with van der Waals surface area (Å²) < 4.78 is 32.7. The molecule has 34 heavy (non-hydrogen) atoms. The molecule has 0 aromatic heterocycles. The fourth-order valence-electron chi connectivity index (χ4n) is 4.68. The number of hydrogen-bond acceptors (Lipinski definition) is 5. The van der Waals surface area contributed by atoms with E-state index >= 15 is 0 Å². The summed E-state index contributed by atoms with van der Waals surface area (Å²) in [7, 11) is 0. The van der Waals surface area contributed by atoms with Gasteiger partial charge in [0.15, 0.2) is 0 Å². The first-order chi connectivity index (χ1) is 16.4. The van der Waals surface area contributed by atoms with Gasteiger partial charge in [-0.1, -0.05) is 6.07 Å². The van der Waals surface area contributed by atoms with E-state index < -0.39 is 12.1 Å². The van der Waals surface area contributed by atoms with Crippen LogP contribution in [0.1, 0.15) is 52.7 Å². The van der Waals surface area contributed by atoms with Crippen molar-refractivity contribution in [3.8, 4) is 29.1 Å². The second-order valence-corrected chi connectivity index (χ2v) is 8.58. The number of hydrogen-bond donors (Lipinski definition) is 1. The normalized spacial score (nSPS) is 17.9. The summed E-state index contributed by atoms with van der Waals surface area (Å²) in [6, 6.07) is 15.7. The van der Waals surface area contributed by atoms with E-state index in [0.29, 0.717) is 53.6 Å². The van der Waals surface area contributed by atoms with E-state index in [0.717, 1.165) is 16.7 Å². The van der Waals surface area contributed by atoms with Crippen molar-refractivity contribution in [2.75, 3.05) is 6.61 Å². The van der Waals surface area contributed by atoms with Crippen molar-refractivity contribution in [3.05, 3.63) is 82.2 Å². The number of nitrogens with zero attached hydrogens (tertiary/aromatic N) is 1. The van der Waals surface area contributed by atoms with Gasteiger partial charge in [0.1, 0.15) is 34.9 Å². The zero-order valence-electron chi connectivity index (χ0n) is 18.5. The van der Waals surface area contributed by atoms with E-state index in [-0.39, 0.29) is 18.2 Å². The molecule has 3 aromatic carbocycles. The molecule has 0 unspecified atom stereocenters. The Kier molecular flexibility index (Phi) is 5.58. The smallest absolute Gasteiger partial charge is 0.304 e. The van der Waals surface area contributed by atoms with Crippen LogP contribution in [0.15, 0.2) is 48.5 Å². The van der Waals surface area contributed by atoms with Crippen molar-refractivity contribution in [2.45, 2.75) is 38.2 Å². The molecule has 6 nitrogen and oxygen atoms in total. The molecule has 1 aliphatic carbocycles. The van der Waals surface area contributed by atoms with Crippen molar-refractivity contribution < 1.29 is 28.5 Å². The van der Waals surface area contributed by atoms with E-state index in [1.807, 2.05) is 13.0 Å². The zero-order valence-corrected chi connectivity index (χ0v) is 18.5. The summed E-state index contributed by atoms with van der Waals surface area (Å²) in [5, 5.41) is 18.2. The number of carboxylic acid groups (broad SMARTS) is 1. The van der Waals surface area contributed by atoms with Gasteiger partial charge < -0.3 is 19.3 Å². The lowest BCUT2D eigenvalue weighted by Gasteiger charge is -2.17. The molecule has 172 valence electrons. The molecule has 7 heteroatoms. The lowest BCUT2D eigenvalue weighted by atomic mass is 9.98. The van der Waals surface area contributed by atoms with Gasteiger partial charge in [-0.25, -0.2) is 4.39 Å². The summed E-state index contributed by atoms with van der Waals surface area (Å²) >= 11 is 0. The Bertz CT molecular complexity index is 1330. The third kappa shape index (κ3) is 4.03. The molecule has 2 aliphatic rings. The second kappa shape index (κ2) is 8.71. The highest BCUT2D eigenvalue weighted by molar-refractivity contribution is 5.68. The van der Waals surface area contributed by atoms with Crippen LogP contribution >= 0.6 is 0 Å². The fraction of sp³-hybridized carbons (Fsp3) is 0.259. The van der Waals surface area contributed by atoms with E-state index in [1.54, 1.807) is 36.4 Å². The number of aryl methyl sites for hydroxylation is 1. The molecule has 0 saturated carbocycles. The van der Waals surface area contributed by atoms with Gasteiger partial charge in [-0.15, -0.1) is 0 Å². The topological polar surface area (TPSA) is 88.8 Å². The zero-order chi connectivity index (χ0) is 23.8. The molecular formula is C27H22FNO5. The SMILES string of the molecule is Cc1cc(Oc2ccc(F)c3c2CC[C@H]3Oc2ccc3c(c2)OC[C@H]3CC(=O)O)ccc1C#N. The van der Waals surface area contributed by atoms with Gasteiger partial charge >= 0.3 is 5.97 Å². The minimum atomic E-state index is -0.867. The lowest BCUT2D eigenvalue weighted by molar-refractivity contribution is -0.137. The number of benzene rings is 3. The maximum atomic E-state index is 14.9. The molecule has 0 fully saturated rings. The standard InChI is InChI=1S/C27H22FNO5/c1-15-10-18(3-2-16(15)13-29)33-23-9-7-22(28)27-21(23)6-8-24(27)34-19-4-5-20-17(11-26(30)31)14-32-25(20)12-19/h2-5,7,9-10,12,17,24H,6,8,11,14H2,1H3,(H,30,31)/t17-,24-/m1/s1. The second-order valence-electron chi connectivity index (χ2n) is 8.58. The summed E-state index contributed by atoms with van der Waals surface area (Å²) in [5.41, 5.74) is 3.49. The number of carbonyl (C=O) groups is 1. The van der Waals surface area contributed by atoms with Crippen LogP contribution < -0.4 is 14.2 Å². The van der Waals surface area contributed by atoms with Gasteiger partial charge in [-0.3, -0.25) is 4.79 Å². The lowest BCUT2D eigenvalue weighted by Crippen LogP contribution is -2.07. The van der Waals surface area contributed by atoms with Gasteiger partial charge in [-0.2, -0.15) is 5.26 Å². The quantitative estimate of drug-likeness (QED) is 0.500. The Balaban J connectivity index is 1.37. The highest BCUT2D eigenvalue weighted by Crippen LogP contribution is 2.44. The van der Waals surface area contributed by atoms with Crippen LogP contribution in [-0.4, -0.2) is 17.7 Å². The Hall–Kier alpha value is -4.05. The first kappa shape index (κ1) is 21.8. The van der Waals surface area contributed by atoms with Gasteiger partial charge in [0.2, 0.25) is 0 Å². The Morgan fingerprint density at radius 2 is 2.03 bits per heavy atom. The molecular weight excluding hydrogens is 437 g/mol. The van der Waals surface area contributed by atoms with E-state index in [2.05, 4.69) is 6.07 Å². The molecule has 1 aliphatic heterocycles. The summed E-state index contributed by atoms with van der Waals surface area (Å²) in [4.78, 5) is 11.1. The highest BCUT2D eigenvalue weighted by atomic mass is 19.1. The van der Waals surface area contributed by atoms with Gasteiger partial charge in [-0.05, 0) is 61.7 Å². The minimum absolute atomic E-state index is 0.00988. The summed E-state index contributed by atoms with van der Waals surface area (Å²) in [6.07, 6.45) is 0.731. The summed E-state index contributed by atoms with van der Waals surface area (Å²) in [6.45, 7) is 2.16. The third-order valence-corrected chi connectivity index (χ3v) is 6.35. The van der Waals surface area contributed by atoms with Gasteiger partial charge in [0.25, 0.3) is 0 Å². The number of ether oxygens (including phenoxy) is 3. The van der Waals surface area contributed by atoms with Crippen LogP contribution in [0.3, 0.4) is 0 Å². The van der Waals surface area contributed by atoms with Crippen LogP contribution in [0.5, 0.6) is 23.0 Å². The predicted molar refractivity (Wildman–Crippen MR) is 121 cm³/mol. The Labute approximate surface area is 196 Å². The van der Waals surface area contributed by atoms with Crippen molar-refractivity contribution in [1.82, 2.24) is 0 Å². The number of aliphatic carboxylic acids is 1. The fourth-order valence-corrected chi connectivity index (χ4v) is 4.68. The van der Waals surface area contributed by atoms with Crippen molar-refractivity contribution in [3.63, 3.8) is 0 Å². The molecule has 0 bridgehead atoms. The van der Waals surface area contributed by atoms with Crippen LogP contribution in [0, 0.1) is 24.1 Å². The average Bonchev–Trinajstić information content (AvgIpc) is 3.40. The van der Waals surface area contributed by atoms with Crippen molar-refractivity contribution in [2.24, 2.45) is 0 Å². The monoisotopic (exact) mass is 459 g/mol. The molecule has 5 rings (SSSR count). The maximum absolute atomic E-state index is 14.9. The summed E-state index contributed by atoms with van der Waals surface area (Å²) in [5.74, 6) is 0.907. The highest BCUT2D eigenvalue weighted by Gasteiger charge is 2.32. The number of fused-ring (bicyclic) bond motifs is 2. The molecule has 1 heterocycles. The predicted octanol–water partition coefficient (Wildman–Crippen LogP) is 5.82. The first-order valence-corrected chi connectivity index (χ1v) is 11.1. The van der Waals surface area contributed by atoms with Crippen LogP contribution in [-0.2, 0) is 11.2 Å². The molecule has 1 N–H and O–H groups in total. The molecule has 3 aromatic rings. The average molecular weight is 459 g/mol. The minimum Gasteiger partial charge on any atom is -0.492 e. The molecule has 2 atom stereocenters. The van der Waals surface area contributed by atoms with Crippen LogP contribution in [0.25, 0.3) is 0 Å². The third-order valence-electron chi connectivity index (χ3n) is 6.35. The molecule has 0 spiro atoms. The van der Waals surface area contributed by atoms with Crippen molar-refractivity contribution in [1.29, 1.82) is 5.26 Å². The Morgan fingerprint density at radius 1 is 1.21 bits per heavy atom. The van der Waals surface area contributed by atoms with Crippen molar-refractivity contribution >= 4 is 5.97 Å². The van der Waals surface area contributed by atoms with Gasteiger partial charge in [0, 0.05) is 28.7 Å². The molecule has 0 radical (unpaired) electrons. The number of rotatable bonds is 6. The Morgan fingerprint density at radius 3 is 2.79 bits per heavy atom. The largest absolute Gasteiger partial charge is 0.492 e. The van der Waals surface area contributed by atoms with E-state index in [4.69, 9.17) is 24.6 Å². The van der Waals surface area contributed by atoms with E-state index in [1.165, 1.54) is 6.07 Å². The number of carboxylic acids is 1. The van der Waals surface area contributed by atoms with Crippen LogP contribution in [0.2, 0.25) is 0 Å². The van der Waals surface area contributed by atoms with E-state index in [9.17, 15) is 9.18 Å². The first-order valence-electron chi connectivity index (χ1n) is 11.1. The number of nitriles is 1. The van der Waals surface area contributed by atoms with Crippen LogP contribution in [0.4, 0.5) is 4.39 Å². The molecule has 0 saturated heterocycles.